The first-order valence-corrected chi connectivity index (χ1v) is 6.96. The molecule has 0 fully saturated rings. The third-order valence-corrected chi connectivity index (χ3v) is 2.98. The largest absolute Gasteiger partial charge is 0.0885 e. The highest BCUT2D eigenvalue weighted by molar-refractivity contribution is 4.83. The molecule has 0 bridgehead atoms. The van der Waals surface area contributed by atoms with Crippen molar-refractivity contribution in [3.8, 4) is 0 Å². The fraction of sp³-hybridized carbons (Fsp3) is 0.867. The summed E-state index contributed by atoms with van der Waals surface area (Å²) in [6.07, 6.45) is 17.0. The lowest BCUT2D eigenvalue weighted by molar-refractivity contribution is 0.511. The van der Waals surface area contributed by atoms with Crippen LogP contribution in [0.3, 0.4) is 0 Å². The summed E-state index contributed by atoms with van der Waals surface area (Å²) in [5.41, 5.74) is 0. The van der Waals surface area contributed by atoms with Crippen LogP contribution in [-0.4, -0.2) is 0 Å². The zero-order chi connectivity index (χ0) is 11.4. The molecule has 90 valence electrons. The van der Waals surface area contributed by atoms with E-state index in [2.05, 4.69) is 32.9 Å². The van der Waals surface area contributed by atoms with Crippen molar-refractivity contribution in [1.82, 2.24) is 0 Å². The molecule has 0 spiro atoms. The lowest BCUT2D eigenvalue weighted by atomic mass is 10.0. The molecule has 0 saturated carbocycles. The maximum atomic E-state index is 2.40. The van der Waals surface area contributed by atoms with Crippen molar-refractivity contribution < 1.29 is 0 Å². The van der Waals surface area contributed by atoms with Crippen LogP contribution in [0, 0.1) is 5.92 Å². The molecule has 0 N–H and O–H groups in total. The summed E-state index contributed by atoms with van der Waals surface area (Å²) in [7, 11) is 0. The van der Waals surface area contributed by atoms with Crippen LogP contribution in [0.4, 0.5) is 0 Å². The van der Waals surface area contributed by atoms with Crippen molar-refractivity contribution in [2.75, 3.05) is 0 Å². The van der Waals surface area contributed by atoms with Crippen LogP contribution in [0.5, 0.6) is 0 Å². The van der Waals surface area contributed by atoms with Gasteiger partial charge in [0.15, 0.2) is 0 Å². The van der Waals surface area contributed by atoms with Gasteiger partial charge in [0.25, 0.3) is 0 Å². The molecule has 0 aromatic rings. The molecule has 15 heavy (non-hydrogen) atoms. The second-order valence-electron chi connectivity index (χ2n) is 4.80. The van der Waals surface area contributed by atoms with E-state index in [9.17, 15) is 0 Å². The fourth-order valence-corrected chi connectivity index (χ4v) is 1.81. The Bertz CT molecular complexity index is 135. The Morgan fingerprint density at radius 3 is 2.27 bits per heavy atom. The van der Waals surface area contributed by atoms with Gasteiger partial charge in [-0.3, -0.25) is 0 Å². The van der Waals surface area contributed by atoms with E-state index in [1.807, 2.05) is 0 Å². The first-order valence-electron chi connectivity index (χ1n) is 6.96. The van der Waals surface area contributed by atoms with Crippen LogP contribution in [0.15, 0.2) is 12.2 Å². The Morgan fingerprint density at radius 2 is 1.60 bits per heavy atom. The molecule has 0 rings (SSSR count). The summed E-state index contributed by atoms with van der Waals surface area (Å²) in [4.78, 5) is 0. The van der Waals surface area contributed by atoms with E-state index >= 15 is 0 Å². The molecule has 0 aliphatic rings. The quantitative estimate of drug-likeness (QED) is 0.319. The Hall–Kier alpha value is -0.260. The SMILES string of the molecule is CCCCCCC=CCC(C)CCCC. The maximum absolute atomic E-state index is 2.40. The second kappa shape index (κ2) is 11.8. The Morgan fingerprint density at radius 1 is 0.867 bits per heavy atom. The highest BCUT2D eigenvalue weighted by Gasteiger charge is 1.97. The number of hydrogen-bond donors (Lipinski definition) is 0. The van der Waals surface area contributed by atoms with Gasteiger partial charge in [0.05, 0.1) is 0 Å². The van der Waals surface area contributed by atoms with E-state index in [1.54, 1.807) is 0 Å². The van der Waals surface area contributed by atoms with E-state index in [0.717, 1.165) is 5.92 Å². The smallest absolute Gasteiger partial charge is 0.0325 e. The second-order valence-corrected chi connectivity index (χ2v) is 4.80. The first-order chi connectivity index (χ1) is 7.31. The molecule has 0 aromatic carbocycles. The van der Waals surface area contributed by atoms with Crippen molar-refractivity contribution >= 4 is 0 Å². The average Bonchev–Trinajstić information content (AvgIpc) is 2.25. The van der Waals surface area contributed by atoms with Gasteiger partial charge in [0, 0.05) is 0 Å². The van der Waals surface area contributed by atoms with Crippen LogP contribution >= 0.6 is 0 Å². The van der Waals surface area contributed by atoms with Gasteiger partial charge in [-0.2, -0.15) is 0 Å². The van der Waals surface area contributed by atoms with Crippen molar-refractivity contribution in [2.24, 2.45) is 5.92 Å². The van der Waals surface area contributed by atoms with Gasteiger partial charge in [-0.15, -0.1) is 0 Å². The number of unbranched alkanes of at least 4 members (excludes halogenated alkanes) is 5. The van der Waals surface area contributed by atoms with Gasteiger partial charge in [-0.1, -0.05) is 71.4 Å². The third-order valence-electron chi connectivity index (χ3n) is 2.98. The minimum absolute atomic E-state index is 0.886. The highest BCUT2D eigenvalue weighted by atomic mass is 14.0. The summed E-state index contributed by atoms with van der Waals surface area (Å²) in [6.45, 7) is 6.92. The van der Waals surface area contributed by atoms with Crippen molar-refractivity contribution in [2.45, 2.75) is 78.6 Å². The maximum Gasteiger partial charge on any atom is -0.0325 e. The summed E-state index contributed by atoms with van der Waals surface area (Å²) in [5, 5.41) is 0. The average molecular weight is 210 g/mol. The Labute approximate surface area is 97.2 Å². The molecule has 0 radical (unpaired) electrons. The molecule has 0 aliphatic heterocycles. The van der Waals surface area contributed by atoms with Crippen LogP contribution in [0.1, 0.15) is 78.6 Å². The van der Waals surface area contributed by atoms with Gasteiger partial charge in [-0.25, -0.2) is 0 Å². The predicted molar refractivity (Wildman–Crippen MR) is 71.2 cm³/mol. The number of allylic oxidation sites excluding steroid dienone is 2. The fourth-order valence-electron chi connectivity index (χ4n) is 1.81. The van der Waals surface area contributed by atoms with E-state index in [1.165, 1.54) is 57.8 Å². The molecule has 0 saturated heterocycles. The van der Waals surface area contributed by atoms with Gasteiger partial charge < -0.3 is 0 Å². The van der Waals surface area contributed by atoms with Crippen LogP contribution in [-0.2, 0) is 0 Å². The molecule has 1 unspecified atom stereocenters. The lowest BCUT2D eigenvalue weighted by Gasteiger charge is -2.06. The van der Waals surface area contributed by atoms with Crippen LogP contribution in [0.2, 0.25) is 0 Å². The van der Waals surface area contributed by atoms with Gasteiger partial charge in [0.1, 0.15) is 0 Å². The molecule has 0 heterocycles. The van der Waals surface area contributed by atoms with Gasteiger partial charge in [-0.05, 0) is 25.2 Å². The molecular formula is C15H30. The minimum Gasteiger partial charge on any atom is -0.0885 e. The highest BCUT2D eigenvalue weighted by Crippen LogP contribution is 2.12. The standard InChI is InChI=1S/C15H30/c1-4-6-8-9-10-11-12-14-15(3)13-7-5-2/h11-12,15H,4-10,13-14H2,1-3H3. The summed E-state index contributed by atoms with van der Waals surface area (Å²) in [6, 6.07) is 0. The first kappa shape index (κ1) is 14.7. The third kappa shape index (κ3) is 11.7. The molecule has 0 aromatic heterocycles. The van der Waals surface area contributed by atoms with E-state index in [0.29, 0.717) is 0 Å². The Kier molecular flexibility index (Phi) is 11.6. The minimum atomic E-state index is 0.886. The summed E-state index contributed by atoms with van der Waals surface area (Å²) >= 11 is 0. The van der Waals surface area contributed by atoms with Gasteiger partial charge >= 0.3 is 0 Å². The number of rotatable bonds is 10. The zero-order valence-electron chi connectivity index (χ0n) is 11.1. The molecule has 0 nitrogen and oxygen atoms in total. The van der Waals surface area contributed by atoms with Gasteiger partial charge in [0.2, 0.25) is 0 Å². The zero-order valence-corrected chi connectivity index (χ0v) is 11.1. The van der Waals surface area contributed by atoms with Crippen LogP contribution in [0.25, 0.3) is 0 Å². The molecular weight excluding hydrogens is 180 g/mol. The normalized spacial score (nSPS) is 13.5. The van der Waals surface area contributed by atoms with Crippen molar-refractivity contribution in [3.05, 3.63) is 12.2 Å². The monoisotopic (exact) mass is 210 g/mol. The summed E-state index contributed by atoms with van der Waals surface area (Å²) < 4.78 is 0. The molecule has 1 atom stereocenters. The topological polar surface area (TPSA) is 0 Å². The van der Waals surface area contributed by atoms with Crippen molar-refractivity contribution in [1.29, 1.82) is 0 Å². The number of hydrogen-bond acceptors (Lipinski definition) is 0. The van der Waals surface area contributed by atoms with E-state index < -0.39 is 0 Å². The summed E-state index contributed by atoms with van der Waals surface area (Å²) in [5.74, 6) is 0.886. The predicted octanol–water partition coefficient (Wildman–Crippen LogP) is 5.73. The van der Waals surface area contributed by atoms with Crippen LogP contribution < -0.4 is 0 Å². The molecule has 0 amide bonds. The molecule has 0 heteroatoms. The van der Waals surface area contributed by atoms with E-state index in [4.69, 9.17) is 0 Å². The van der Waals surface area contributed by atoms with Crippen molar-refractivity contribution in [3.63, 3.8) is 0 Å². The Balaban J connectivity index is 3.21. The molecule has 0 aliphatic carbocycles. The van der Waals surface area contributed by atoms with E-state index in [-0.39, 0.29) is 0 Å². The lowest BCUT2D eigenvalue weighted by Crippen LogP contribution is -1.91.